The van der Waals surface area contributed by atoms with Crippen molar-refractivity contribution < 1.29 is 17.6 Å². The Morgan fingerprint density at radius 2 is 1.84 bits per heavy atom. The van der Waals surface area contributed by atoms with Crippen molar-refractivity contribution in [3.8, 4) is 0 Å². The fourth-order valence-electron chi connectivity index (χ4n) is 2.03. The van der Waals surface area contributed by atoms with Crippen molar-refractivity contribution in [3.05, 3.63) is 35.1 Å². The van der Waals surface area contributed by atoms with Crippen molar-refractivity contribution in [2.45, 2.75) is 39.4 Å². The Morgan fingerprint density at radius 3 is 2.32 bits per heavy atom. The molecule has 0 aliphatic rings. The Bertz CT molecular complexity index is 412. The molecule has 0 aliphatic heterocycles. The molecule has 1 aromatic rings. The van der Waals surface area contributed by atoms with E-state index in [0.717, 1.165) is 18.2 Å². The second-order valence-corrected chi connectivity index (χ2v) is 4.97. The topological polar surface area (TPSA) is 12.0 Å². The van der Waals surface area contributed by atoms with Gasteiger partial charge in [-0.1, -0.05) is 20.8 Å². The molecule has 1 N–H and O–H groups in total. The summed E-state index contributed by atoms with van der Waals surface area (Å²) in [4.78, 5) is 0. The van der Waals surface area contributed by atoms with Crippen molar-refractivity contribution in [2.24, 2.45) is 5.92 Å². The molecule has 1 rings (SSSR count). The van der Waals surface area contributed by atoms with Gasteiger partial charge in [0, 0.05) is 11.6 Å². The zero-order valence-corrected chi connectivity index (χ0v) is 11.3. The molecule has 0 heterocycles. The van der Waals surface area contributed by atoms with Crippen LogP contribution < -0.4 is 5.32 Å². The van der Waals surface area contributed by atoms with E-state index in [-0.39, 0.29) is 11.5 Å². The first-order chi connectivity index (χ1) is 8.75. The van der Waals surface area contributed by atoms with Crippen molar-refractivity contribution in [3.63, 3.8) is 0 Å². The van der Waals surface area contributed by atoms with Gasteiger partial charge in [-0.3, -0.25) is 0 Å². The van der Waals surface area contributed by atoms with Crippen molar-refractivity contribution in [1.82, 2.24) is 5.32 Å². The van der Waals surface area contributed by atoms with E-state index >= 15 is 0 Å². The van der Waals surface area contributed by atoms with E-state index in [4.69, 9.17) is 0 Å². The highest BCUT2D eigenvalue weighted by atomic mass is 19.4. The van der Waals surface area contributed by atoms with Gasteiger partial charge in [-0.25, -0.2) is 4.39 Å². The number of alkyl halides is 3. The lowest BCUT2D eigenvalue weighted by atomic mass is 9.95. The maximum Gasteiger partial charge on any atom is 0.416 e. The second-order valence-electron chi connectivity index (χ2n) is 4.97. The normalized spacial score (nSPS) is 13.9. The van der Waals surface area contributed by atoms with Crippen LogP contribution in [0.2, 0.25) is 0 Å². The van der Waals surface area contributed by atoms with E-state index in [2.05, 4.69) is 5.32 Å². The lowest BCUT2D eigenvalue weighted by molar-refractivity contribution is -0.137. The van der Waals surface area contributed by atoms with Crippen LogP contribution >= 0.6 is 0 Å². The van der Waals surface area contributed by atoms with Gasteiger partial charge in [-0.2, -0.15) is 13.2 Å². The lowest BCUT2D eigenvalue weighted by Gasteiger charge is -2.22. The minimum atomic E-state index is -4.45. The van der Waals surface area contributed by atoms with Crippen LogP contribution in [0.5, 0.6) is 0 Å². The molecule has 1 atom stereocenters. The van der Waals surface area contributed by atoms with Gasteiger partial charge in [0.05, 0.1) is 5.56 Å². The van der Waals surface area contributed by atoms with Gasteiger partial charge in [-0.05, 0) is 37.1 Å². The van der Waals surface area contributed by atoms with Gasteiger partial charge in [-0.15, -0.1) is 0 Å². The van der Waals surface area contributed by atoms with Gasteiger partial charge >= 0.3 is 6.18 Å². The molecule has 0 amide bonds. The molecular weight excluding hydrogens is 258 g/mol. The maximum absolute atomic E-state index is 13.8. The van der Waals surface area contributed by atoms with Crippen LogP contribution in [0.4, 0.5) is 17.6 Å². The van der Waals surface area contributed by atoms with Crippen molar-refractivity contribution in [2.75, 3.05) is 6.54 Å². The summed E-state index contributed by atoms with van der Waals surface area (Å²) in [5.74, 6) is -0.336. The third-order valence-electron chi connectivity index (χ3n) is 2.86. The molecule has 1 aromatic carbocycles. The monoisotopic (exact) mass is 277 g/mol. The van der Waals surface area contributed by atoms with Crippen LogP contribution in [0.3, 0.4) is 0 Å². The molecule has 0 saturated heterocycles. The van der Waals surface area contributed by atoms with E-state index in [1.165, 1.54) is 0 Å². The predicted molar refractivity (Wildman–Crippen MR) is 67.3 cm³/mol. The molecule has 108 valence electrons. The van der Waals surface area contributed by atoms with Gasteiger partial charge in [0.25, 0.3) is 0 Å². The minimum absolute atomic E-state index is 0.0883. The molecule has 0 bridgehead atoms. The SMILES string of the molecule is CCNC(CC(C)C)c1cc(C(F)(F)F)ccc1F. The fraction of sp³-hybridized carbons (Fsp3) is 0.571. The summed E-state index contributed by atoms with van der Waals surface area (Å²) in [6, 6.07) is 2.18. The van der Waals surface area contributed by atoms with Crippen LogP contribution in [0.1, 0.15) is 44.4 Å². The average Bonchev–Trinajstić information content (AvgIpc) is 2.27. The van der Waals surface area contributed by atoms with E-state index in [1.807, 2.05) is 20.8 Å². The second kappa shape index (κ2) is 6.37. The molecule has 1 unspecified atom stereocenters. The highest BCUT2D eigenvalue weighted by molar-refractivity contribution is 5.29. The average molecular weight is 277 g/mol. The van der Waals surface area contributed by atoms with E-state index in [0.29, 0.717) is 13.0 Å². The molecule has 5 heteroatoms. The first kappa shape index (κ1) is 16.0. The largest absolute Gasteiger partial charge is 0.416 e. The quantitative estimate of drug-likeness (QED) is 0.779. The number of hydrogen-bond donors (Lipinski definition) is 1. The van der Waals surface area contributed by atoms with Crippen molar-refractivity contribution >= 4 is 0 Å². The molecule has 0 aliphatic carbocycles. The van der Waals surface area contributed by atoms with Crippen LogP contribution in [0.25, 0.3) is 0 Å². The summed E-state index contributed by atoms with van der Waals surface area (Å²) in [6.45, 7) is 6.33. The third kappa shape index (κ3) is 4.49. The molecule has 0 aromatic heterocycles. The van der Waals surface area contributed by atoms with Crippen LogP contribution in [-0.2, 0) is 6.18 Å². The number of halogens is 4. The highest BCUT2D eigenvalue weighted by Gasteiger charge is 2.32. The number of benzene rings is 1. The molecule has 19 heavy (non-hydrogen) atoms. The number of nitrogens with one attached hydrogen (secondary N) is 1. The smallest absolute Gasteiger partial charge is 0.310 e. The lowest BCUT2D eigenvalue weighted by Crippen LogP contribution is -2.24. The Kier molecular flexibility index (Phi) is 5.35. The van der Waals surface area contributed by atoms with E-state index in [9.17, 15) is 17.6 Å². The molecule has 1 nitrogen and oxygen atoms in total. The Balaban J connectivity index is 3.13. The summed E-state index contributed by atoms with van der Waals surface area (Å²) in [5, 5.41) is 3.04. The molecule has 0 saturated carbocycles. The molecule has 0 fully saturated rings. The zero-order valence-electron chi connectivity index (χ0n) is 11.3. The number of rotatable bonds is 5. The minimum Gasteiger partial charge on any atom is -0.310 e. The summed E-state index contributed by atoms with van der Waals surface area (Å²) < 4.78 is 51.8. The number of hydrogen-bond acceptors (Lipinski definition) is 1. The highest BCUT2D eigenvalue weighted by Crippen LogP contribution is 2.33. The van der Waals surface area contributed by atoms with Crippen LogP contribution in [0, 0.1) is 11.7 Å². The van der Waals surface area contributed by atoms with E-state index in [1.54, 1.807) is 0 Å². The van der Waals surface area contributed by atoms with Gasteiger partial charge in [0.2, 0.25) is 0 Å². The summed E-state index contributed by atoms with van der Waals surface area (Å²) in [6.07, 6.45) is -3.86. The van der Waals surface area contributed by atoms with Crippen LogP contribution in [-0.4, -0.2) is 6.54 Å². The van der Waals surface area contributed by atoms with Gasteiger partial charge in [0.15, 0.2) is 0 Å². The Hall–Kier alpha value is -1.10. The first-order valence-corrected chi connectivity index (χ1v) is 6.35. The standard InChI is InChI=1S/C14H19F4N/c1-4-19-13(7-9(2)3)11-8-10(14(16,17)18)5-6-12(11)15/h5-6,8-9,13,19H,4,7H2,1-3H3. The third-order valence-corrected chi connectivity index (χ3v) is 2.86. The fourth-order valence-corrected chi connectivity index (χ4v) is 2.03. The zero-order chi connectivity index (χ0) is 14.6. The van der Waals surface area contributed by atoms with Crippen molar-refractivity contribution in [1.29, 1.82) is 0 Å². The van der Waals surface area contributed by atoms with E-state index < -0.39 is 23.6 Å². The summed E-state index contributed by atoms with van der Waals surface area (Å²) >= 11 is 0. The molecule has 0 radical (unpaired) electrons. The molecular formula is C14H19F4N. The Labute approximate surface area is 111 Å². The first-order valence-electron chi connectivity index (χ1n) is 6.35. The van der Waals surface area contributed by atoms with Gasteiger partial charge in [0.1, 0.15) is 5.82 Å². The summed E-state index contributed by atoms with van der Waals surface area (Å²) in [5.41, 5.74) is -0.721. The molecule has 0 spiro atoms. The summed E-state index contributed by atoms with van der Waals surface area (Å²) in [7, 11) is 0. The Morgan fingerprint density at radius 1 is 1.21 bits per heavy atom. The van der Waals surface area contributed by atoms with Gasteiger partial charge < -0.3 is 5.32 Å². The van der Waals surface area contributed by atoms with Crippen LogP contribution in [0.15, 0.2) is 18.2 Å². The maximum atomic E-state index is 13.8. The predicted octanol–water partition coefficient (Wildman–Crippen LogP) is 4.54.